The molecule has 0 saturated heterocycles. The van der Waals surface area contributed by atoms with Crippen molar-refractivity contribution in [2.45, 2.75) is 19.8 Å². The van der Waals surface area contributed by atoms with Crippen molar-refractivity contribution in [2.24, 2.45) is 0 Å². The van der Waals surface area contributed by atoms with Crippen molar-refractivity contribution < 1.29 is 9.90 Å². The summed E-state index contributed by atoms with van der Waals surface area (Å²) in [4.78, 5) is 11.4. The summed E-state index contributed by atoms with van der Waals surface area (Å²) in [7, 11) is 0. The summed E-state index contributed by atoms with van der Waals surface area (Å²) in [6.45, 7) is 4.08. The molecule has 0 atom stereocenters. The highest BCUT2D eigenvalue weighted by molar-refractivity contribution is 6.10. The van der Waals surface area contributed by atoms with E-state index in [1.807, 2.05) is 38.1 Å². The van der Waals surface area contributed by atoms with Crippen molar-refractivity contribution in [2.75, 3.05) is 0 Å². The quantitative estimate of drug-likeness (QED) is 0.674. The Morgan fingerprint density at radius 2 is 1.60 bits per heavy atom. The third-order valence-electron chi connectivity index (χ3n) is 3.78. The molecule has 0 aromatic heterocycles. The first-order valence-corrected chi connectivity index (χ1v) is 6.77. The van der Waals surface area contributed by atoms with Crippen LogP contribution in [0.15, 0.2) is 48.5 Å². The van der Waals surface area contributed by atoms with Crippen LogP contribution >= 0.6 is 0 Å². The molecule has 0 bridgehead atoms. The van der Waals surface area contributed by atoms with Gasteiger partial charge >= 0.3 is 5.97 Å². The molecule has 3 aromatic rings. The Labute approximate surface area is 117 Å². The van der Waals surface area contributed by atoms with E-state index >= 15 is 0 Å². The zero-order valence-corrected chi connectivity index (χ0v) is 11.6. The highest BCUT2D eigenvalue weighted by Crippen LogP contribution is 2.33. The predicted molar refractivity (Wildman–Crippen MR) is 82.5 cm³/mol. The van der Waals surface area contributed by atoms with Crippen LogP contribution < -0.4 is 0 Å². The molecule has 1 N–H and O–H groups in total. The number of hydrogen-bond donors (Lipinski definition) is 1. The number of benzene rings is 3. The highest BCUT2D eigenvalue weighted by Gasteiger charge is 2.16. The Morgan fingerprint density at radius 3 is 2.30 bits per heavy atom. The Balaban J connectivity index is 2.49. The summed E-state index contributed by atoms with van der Waals surface area (Å²) >= 11 is 0. The van der Waals surface area contributed by atoms with Crippen LogP contribution in [0.4, 0.5) is 0 Å². The molecule has 0 amide bonds. The van der Waals surface area contributed by atoms with Gasteiger partial charge in [-0.3, -0.25) is 0 Å². The lowest BCUT2D eigenvalue weighted by atomic mass is 9.89. The summed E-state index contributed by atoms with van der Waals surface area (Å²) in [6.07, 6.45) is 0. The highest BCUT2D eigenvalue weighted by atomic mass is 16.4. The minimum Gasteiger partial charge on any atom is -0.478 e. The van der Waals surface area contributed by atoms with Crippen LogP contribution in [-0.4, -0.2) is 11.1 Å². The maximum absolute atomic E-state index is 11.4. The lowest BCUT2D eigenvalue weighted by Gasteiger charge is -2.15. The molecular weight excluding hydrogens is 248 g/mol. The number of rotatable bonds is 2. The van der Waals surface area contributed by atoms with Crippen molar-refractivity contribution in [3.63, 3.8) is 0 Å². The standard InChI is InChI=1S/C18H16O2/c1-11(2)17-15-8-7-12-5-3-4-6-13(12)14(15)9-10-16(17)18(19)20/h3-11H,1-2H3,(H,19,20). The Hall–Kier alpha value is -2.35. The van der Waals surface area contributed by atoms with Crippen LogP contribution in [0.25, 0.3) is 21.5 Å². The average Bonchev–Trinajstić information content (AvgIpc) is 2.45. The van der Waals surface area contributed by atoms with E-state index in [0.29, 0.717) is 5.56 Å². The summed E-state index contributed by atoms with van der Waals surface area (Å²) in [5, 5.41) is 13.9. The number of hydrogen-bond acceptors (Lipinski definition) is 1. The second-order valence-electron chi connectivity index (χ2n) is 5.37. The molecular formula is C18H16O2. The van der Waals surface area contributed by atoms with Crippen LogP contribution in [-0.2, 0) is 0 Å². The molecule has 0 fully saturated rings. The predicted octanol–water partition coefficient (Wildman–Crippen LogP) is 4.81. The fourth-order valence-corrected chi connectivity index (χ4v) is 2.92. The Morgan fingerprint density at radius 1 is 0.900 bits per heavy atom. The van der Waals surface area contributed by atoms with Gasteiger partial charge in [0.05, 0.1) is 5.56 Å². The van der Waals surface area contributed by atoms with Gasteiger partial charge in [-0.05, 0) is 39.1 Å². The van der Waals surface area contributed by atoms with Crippen LogP contribution in [0.3, 0.4) is 0 Å². The van der Waals surface area contributed by atoms with Gasteiger partial charge in [-0.2, -0.15) is 0 Å². The van der Waals surface area contributed by atoms with E-state index in [4.69, 9.17) is 0 Å². The molecule has 3 rings (SSSR count). The second kappa shape index (κ2) is 4.64. The first kappa shape index (κ1) is 12.7. The first-order chi connectivity index (χ1) is 9.59. The Kier molecular flexibility index (Phi) is 2.94. The van der Waals surface area contributed by atoms with Gasteiger partial charge in [0.15, 0.2) is 0 Å². The van der Waals surface area contributed by atoms with Crippen LogP contribution in [0.5, 0.6) is 0 Å². The summed E-state index contributed by atoms with van der Waals surface area (Å²) in [6, 6.07) is 16.0. The monoisotopic (exact) mass is 264 g/mol. The van der Waals surface area contributed by atoms with Gasteiger partial charge in [-0.15, -0.1) is 0 Å². The first-order valence-electron chi connectivity index (χ1n) is 6.77. The van der Waals surface area contributed by atoms with E-state index in [0.717, 1.165) is 16.3 Å². The molecule has 3 aromatic carbocycles. The van der Waals surface area contributed by atoms with Crippen LogP contribution in [0, 0.1) is 0 Å². The van der Waals surface area contributed by atoms with E-state index < -0.39 is 5.97 Å². The normalized spacial score (nSPS) is 11.3. The fraction of sp³-hybridized carbons (Fsp3) is 0.167. The average molecular weight is 264 g/mol. The summed E-state index contributed by atoms with van der Waals surface area (Å²) in [5.41, 5.74) is 1.32. The topological polar surface area (TPSA) is 37.3 Å². The van der Waals surface area contributed by atoms with Gasteiger partial charge in [0.25, 0.3) is 0 Å². The lowest BCUT2D eigenvalue weighted by molar-refractivity contribution is 0.0695. The number of aromatic carboxylic acids is 1. The zero-order valence-electron chi connectivity index (χ0n) is 11.6. The molecule has 0 radical (unpaired) electrons. The molecule has 0 unspecified atom stereocenters. The molecule has 100 valence electrons. The van der Waals surface area contributed by atoms with Gasteiger partial charge in [0.1, 0.15) is 0 Å². The molecule has 0 spiro atoms. The summed E-state index contributed by atoms with van der Waals surface area (Å²) < 4.78 is 0. The molecule has 0 aliphatic rings. The lowest BCUT2D eigenvalue weighted by Crippen LogP contribution is -2.04. The van der Waals surface area contributed by atoms with E-state index in [-0.39, 0.29) is 5.92 Å². The van der Waals surface area contributed by atoms with Crippen molar-refractivity contribution in [3.05, 3.63) is 59.7 Å². The van der Waals surface area contributed by atoms with Crippen LogP contribution in [0.1, 0.15) is 35.7 Å². The minimum absolute atomic E-state index is 0.172. The largest absolute Gasteiger partial charge is 0.478 e. The molecule has 0 heterocycles. The molecule has 0 saturated carbocycles. The Bertz CT molecular complexity index is 816. The van der Waals surface area contributed by atoms with Gasteiger partial charge in [-0.1, -0.05) is 56.3 Å². The number of fused-ring (bicyclic) bond motifs is 3. The minimum atomic E-state index is -0.858. The zero-order chi connectivity index (χ0) is 14.3. The van der Waals surface area contributed by atoms with Crippen molar-refractivity contribution >= 4 is 27.5 Å². The maximum Gasteiger partial charge on any atom is 0.335 e. The smallest absolute Gasteiger partial charge is 0.335 e. The summed E-state index contributed by atoms with van der Waals surface area (Å²) in [5.74, 6) is -0.685. The van der Waals surface area contributed by atoms with Crippen molar-refractivity contribution in [1.29, 1.82) is 0 Å². The van der Waals surface area contributed by atoms with Crippen LogP contribution in [0.2, 0.25) is 0 Å². The van der Waals surface area contributed by atoms with E-state index in [9.17, 15) is 9.90 Å². The van der Waals surface area contributed by atoms with Crippen molar-refractivity contribution in [1.82, 2.24) is 0 Å². The van der Waals surface area contributed by atoms with Gasteiger partial charge in [0, 0.05) is 0 Å². The van der Waals surface area contributed by atoms with E-state index in [1.54, 1.807) is 6.07 Å². The molecule has 2 heteroatoms. The van der Waals surface area contributed by atoms with Gasteiger partial charge in [0.2, 0.25) is 0 Å². The number of carbonyl (C=O) groups is 1. The fourth-order valence-electron chi connectivity index (χ4n) is 2.92. The number of carboxylic acids is 1. The second-order valence-corrected chi connectivity index (χ2v) is 5.37. The molecule has 0 aliphatic carbocycles. The van der Waals surface area contributed by atoms with E-state index in [1.165, 1.54) is 10.8 Å². The number of carboxylic acid groups (broad SMARTS) is 1. The molecule has 20 heavy (non-hydrogen) atoms. The van der Waals surface area contributed by atoms with Gasteiger partial charge < -0.3 is 5.11 Å². The molecule has 0 aliphatic heterocycles. The third kappa shape index (κ3) is 1.85. The van der Waals surface area contributed by atoms with E-state index in [2.05, 4.69) is 18.2 Å². The maximum atomic E-state index is 11.4. The van der Waals surface area contributed by atoms with Crippen molar-refractivity contribution in [3.8, 4) is 0 Å². The molecule has 2 nitrogen and oxygen atoms in total. The SMILES string of the molecule is CC(C)c1c(C(=O)O)ccc2c1ccc1ccccc12. The van der Waals surface area contributed by atoms with Gasteiger partial charge in [-0.25, -0.2) is 4.79 Å². The third-order valence-corrected chi connectivity index (χ3v) is 3.78.